The SMILES string of the molecule is CC.[C-]#[N+][C-]=Cc1ccc(NC)cc1.[Y]. The zero-order chi connectivity index (χ0) is 10.8. The van der Waals surface area contributed by atoms with Crippen LogP contribution in [0.3, 0.4) is 0 Å². The van der Waals surface area contributed by atoms with Crippen molar-refractivity contribution >= 4 is 11.8 Å². The Morgan fingerprint density at radius 2 is 1.80 bits per heavy atom. The van der Waals surface area contributed by atoms with E-state index in [1.54, 1.807) is 6.08 Å². The number of nitrogens with one attached hydrogen (secondary N) is 1. The molecule has 1 aromatic carbocycles. The van der Waals surface area contributed by atoms with Crippen LogP contribution in [0.4, 0.5) is 5.69 Å². The second kappa shape index (κ2) is 11.4. The maximum absolute atomic E-state index is 6.50. The van der Waals surface area contributed by atoms with Crippen LogP contribution in [-0.2, 0) is 32.7 Å². The van der Waals surface area contributed by atoms with E-state index in [-0.39, 0.29) is 32.7 Å². The van der Waals surface area contributed by atoms with Crippen molar-refractivity contribution in [3.05, 3.63) is 47.4 Å². The number of hydrogen-bond donors (Lipinski definition) is 1. The molecule has 0 saturated heterocycles. The van der Waals surface area contributed by atoms with E-state index in [1.807, 2.05) is 45.2 Å². The van der Waals surface area contributed by atoms with Gasteiger partial charge in [0.25, 0.3) is 0 Å². The summed E-state index contributed by atoms with van der Waals surface area (Å²) in [6.45, 7) is 10.5. The molecule has 77 valence electrons. The van der Waals surface area contributed by atoms with E-state index in [4.69, 9.17) is 6.57 Å². The van der Waals surface area contributed by atoms with Crippen LogP contribution in [-0.4, -0.2) is 7.05 Å². The largest absolute Gasteiger partial charge is 0.478 e. The van der Waals surface area contributed by atoms with Crippen LogP contribution >= 0.6 is 0 Å². The molecule has 0 aliphatic heterocycles. The molecule has 0 atom stereocenters. The molecule has 0 aliphatic rings. The van der Waals surface area contributed by atoms with Crippen LogP contribution in [0.5, 0.6) is 0 Å². The van der Waals surface area contributed by atoms with Crippen LogP contribution in [0.2, 0.25) is 0 Å². The van der Waals surface area contributed by atoms with Gasteiger partial charge in [0.05, 0.1) is 0 Å². The third kappa shape index (κ3) is 7.30. The van der Waals surface area contributed by atoms with E-state index < -0.39 is 0 Å². The number of hydrogen-bond acceptors (Lipinski definition) is 1. The van der Waals surface area contributed by atoms with E-state index in [0.29, 0.717) is 0 Å². The van der Waals surface area contributed by atoms with Crippen molar-refractivity contribution < 1.29 is 32.7 Å². The molecule has 0 saturated carbocycles. The summed E-state index contributed by atoms with van der Waals surface area (Å²) >= 11 is 0. The van der Waals surface area contributed by atoms with Crippen molar-refractivity contribution in [2.45, 2.75) is 13.8 Å². The van der Waals surface area contributed by atoms with Gasteiger partial charge in [0.15, 0.2) is 0 Å². The molecule has 0 heterocycles. The standard InChI is InChI=1S/C10H9N2.C2H6.Y/c1-11-8-7-9-3-5-10(12-2)6-4-9;1-2;/h3-7,12H,2H3;1-2H3;/q-1;;. The first-order chi connectivity index (χ1) is 6.86. The van der Waals surface area contributed by atoms with Crippen molar-refractivity contribution in [1.29, 1.82) is 0 Å². The average Bonchev–Trinajstić information content (AvgIpc) is 2.30. The van der Waals surface area contributed by atoms with E-state index in [9.17, 15) is 0 Å². The van der Waals surface area contributed by atoms with Crippen LogP contribution in [0.25, 0.3) is 10.9 Å². The van der Waals surface area contributed by atoms with Gasteiger partial charge in [-0.3, -0.25) is 6.57 Å². The average molecular weight is 276 g/mol. The molecule has 3 heteroatoms. The molecule has 0 amide bonds. The molecular weight excluding hydrogens is 261 g/mol. The monoisotopic (exact) mass is 276 g/mol. The maximum Gasteiger partial charge on any atom is 0.0337 e. The Kier molecular flexibility index (Phi) is 12.8. The van der Waals surface area contributed by atoms with Crippen LogP contribution in [0.15, 0.2) is 24.3 Å². The normalized spacial score (nSPS) is 8.13. The third-order valence-electron chi connectivity index (χ3n) is 1.50. The summed E-state index contributed by atoms with van der Waals surface area (Å²) in [5.74, 6) is 0. The Morgan fingerprint density at radius 3 is 2.20 bits per heavy atom. The summed E-state index contributed by atoms with van der Waals surface area (Å²) < 4.78 is 0. The van der Waals surface area contributed by atoms with Gasteiger partial charge in [-0.2, -0.15) is 6.08 Å². The summed E-state index contributed by atoms with van der Waals surface area (Å²) in [6, 6.07) is 7.78. The van der Waals surface area contributed by atoms with Gasteiger partial charge in [-0.15, -0.1) is 0 Å². The van der Waals surface area contributed by atoms with E-state index >= 15 is 0 Å². The number of anilines is 1. The van der Waals surface area contributed by atoms with Gasteiger partial charge >= 0.3 is 0 Å². The molecule has 0 fully saturated rings. The molecule has 15 heavy (non-hydrogen) atoms. The van der Waals surface area contributed by atoms with E-state index in [1.165, 1.54) is 0 Å². The van der Waals surface area contributed by atoms with Gasteiger partial charge in [0.2, 0.25) is 0 Å². The van der Waals surface area contributed by atoms with Gasteiger partial charge in [-0.1, -0.05) is 37.7 Å². The molecule has 0 aliphatic carbocycles. The summed E-state index contributed by atoms with van der Waals surface area (Å²) in [6.07, 6.45) is 4.11. The third-order valence-corrected chi connectivity index (χ3v) is 1.50. The van der Waals surface area contributed by atoms with Crippen molar-refractivity contribution in [1.82, 2.24) is 0 Å². The Bertz CT molecular complexity index is 309. The fourth-order valence-electron chi connectivity index (χ4n) is 0.853. The Balaban J connectivity index is 0. The molecule has 0 bridgehead atoms. The summed E-state index contributed by atoms with van der Waals surface area (Å²) in [4.78, 5) is 3.00. The summed E-state index contributed by atoms with van der Waals surface area (Å²) in [5.41, 5.74) is 2.06. The smallest absolute Gasteiger partial charge is 0.0337 e. The molecule has 0 unspecified atom stereocenters. The quantitative estimate of drug-likeness (QED) is 0.818. The molecule has 1 N–H and O–H groups in total. The molecular formula is C12H15N2Y-. The zero-order valence-electron chi connectivity index (χ0n) is 9.41. The fraction of sp³-hybridized carbons (Fsp3) is 0.250. The van der Waals surface area contributed by atoms with Crippen molar-refractivity contribution in [3.8, 4) is 0 Å². The first-order valence-corrected chi connectivity index (χ1v) is 4.60. The first-order valence-electron chi connectivity index (χ1n) is 4.60. The zero-order valence-corrected chi connectivity index (χ0v) is 12.2. The summed E-state index contributed by atoms with van der Waals surface area (Å²) in [7, 11) is 1.87. The Morgan fingerprint density at radius 1 is 1.27 bits per heavy atom. The van der Waals surface area contributed by atoms with Gasteiger partial charge in [-0.05, 0) is 12.1 Å². The molecule has 1 aromatic rings. The topological polar surface area (TPSA) is 16.4 Å². The molecule has 1 radical (unpaired) electrons. The van der Waals surface area contributed by atoms with Crippen LogP contribution < -0.4 is 5.32 Å². The molecule has 0 spiro atoms. The van der Waals surface area contributed by atoms with E-state index in [0.717, 1.165) is 11.3 Å². The van der Waals surface area contributed by atoms with Crippen molar-refractivity contribution in [2.75, 3.05) is 12.4 Å². The van der Waals surface area contributed by atoms with Crippen molar-refractivity contribution in [3.63, 3.8) is 0 Å². The number of rotatable bonds is 2. The van der Waals surface area contributed by atoms with Crippen LogP contribution in [0.1, 0.15) is 19.4 Å². The van der Waals surface area contributed by atoms with Gasteiger partial charge in [0.1, 0.15) is 0 Å². The molecule has 2 nitrogen and oxygen atoms in total. The second-order valence-electron chi connectivity index (χ2n) is 2.26. The number of benzene rings is 1. The minimum Gasteiger partial charge on any atom is -0.478 e. The molecule has 0 aromatic heterocycles. The van der Waals surface area contributed by atoms with Gasteiger partial charge < -0.3 is 10.2 Å². The van der Waals surface area contributed by atoms with Crippen molar-refractivity contribution in [2.24, 2.45) is 0 Å². The van der Waals surface area contributed by atoms with Crippen LogP contribution in [0, 0.1) is 12.8 Å². The van der Waals surface area contributed by atoms with E-state index in [2.05, 4.69) is 16.4 Å². The Hall–Kier alpha value is -0.646. The second-order valence-corrected chi connectivity index (χ2v) is 2.26. The minimum atomic E-state index is 0. The fourth-order valence-corrected chi connectivity index (χ4v) is 0.853. The van der Waals surface area contributed by atoms with Gasteiger partial charge in [0, 0.05) is 45.4 Å². The minimum absolute atomic E-state index is 0. The first kappa shape index (κ1) is 16.8. The Labute approximate surface area is 117 Å². The maximum atomic E-state index is 6.50. The van der Waals surface area contributed by atoms with Gasteiger partial charge in [-0.25, -0.2) is 0 Å². The predicted octanol–water partition coefficient (Wildman–Crippen LogP) is 3.45. The number of nitrogens with zero attached hydrogens (tertiary/aromatic N) is 1. The predicted molar refractivity (Wildman–Crippen MR) is 61.6 cm³/mol. The molecule has 1 rings (SSSR count). The summed E-state index contributed by atoms with van der Waals surface area (Å²) in [5, 5.41) is 3.02.